The number of aryl methyl sites for hydroxylation is 1. The average Bonchev–Trinajstić information content (AvgIpc) is 3.10. The summed E-state index contributed by atoms with van der Waals surface area (Å²) in [5, 5.41) is 11.1. The molecule has 1 aliphatic heterocycles. The van der Waals surface area contributed by atoms with E-state index in [1.165, 1.54) is 0 Å². The number of aromatic nitrogens is 4. The summed E-state index contributed by atoms with van der Waals surface area (Å²) in [6.45, 7) is 0.995. The second-order valence-corrected chi connectivity index (χ2v) is 6.76. The Hall–Kier alpha value is -2.52. The molecule has 0 bridgehead atoms. The number of hydrogen-bond donors (Lipinski definition) is 3. The highest BCUT2D eigenvalue weighted by Crippen LogP contribution is 2.40. The second-order valence-electron chi connectivity index (χ2n) is 5.84. The van der Waals surface area contributed by atoms with Crippen LogP contribution >= 0.6 is 15.9 Å². The van der Waals surface area contributed by atoms with Crippen molar-refractivity contribution in [3.63, 3.8) is 0 Å². The fourth-order valence-corrected chi connectivity index (χ4v) is 3.41. The molecule has 0 fully saturated rings. The van der Waals surface area contributed by atoms with Crippen LogP contribution in [0, 0.1) is 0 Å². The third-order valence-electron chi connectivity index (χ3n) is 4.07. The van der Waals surface area contributed by atoms with Crippen LogP contribution in [0.1, 0.15) is 17.2 Å². The molecule has 4 N–H and O–H groups in total. The molecule has 2 aromatic heterocycles. The predicted molar refractivity (Wildman–Crippen MR) is 98.5 cm³/mol. The topological polar surface area (TPSA) is 111 Å². The molecule has 0 saturated carbocycles. The summed E-state index contributed by atoms with van der Waals surface area (Å²) in [5.74, 6) is -0.203. The molecule has 1 aliphatic rings. The largest absolute Gasteiger partial charge is 0.353 e. The Morgan fingerprint density at radius 1 is 1.40 bits per heavy atom. The van der Waals surface area contributed by atoms with Crippen LogP contribution in [-0.4, -0.2) is 38.7 Å². The Balaban J connectivity index is 1.91. The quantitative estimate of drug-likeness (QED) is 0.611. The maximum absolute atomic E-state index is 12.7. The summed E-state index contributed by atoms with van der Waals surface area (Å²) < 4.78 is 2.58. The Kier molecular flexibility index (Phi) is 3.89. The van der Waals surface area contributed by atoms with E-state index in [1.807, 2.05) is 31.4 Å². The van der Waals surface area contributed by atoms with Crippen molar-refractivity contribution in [3.05, 3.63) is 40.1 Å². The third-order valence-corrected chi connectivity index (χ3v) is 4.56. The van der Waals surface area contributed by atoms with Crippen molar-refractivity contribution in [2.45, 2.75) is 5.92 Å². The Bertz CT molecular complexity index is 984. The first kappa shape index (κ1) is 16.0. The molecule has 1 aromatic carbocycles. The maximum Gasteiger partial charge on any atom is 0.238 e. The minimum atomic E-state index is -0.513. The van der Waals surface area contributed by atoms with E-state index in [2.05, 4.69) is 41.6 Å². The highest BCUT2D eigenvalue weighted by molar-refractivity contribution is 9.10. The standard InChI is InChI=1S/C16H16BrN7O/c1-24-7-10-13(21-16(19-5-4-18)22-14(10)23-24)12-9-6-8(17)2-3-11(9)20-15(12)25/h2-3,6-7,12H,4-5,18H2,1H3,(H,20,25)(H,19,22,23). The number of rotatable bonds is 4. The van der Waals surface area contributed by atoms with E-state index in [0.29, 0.717) is 30.4 Å². The summed E-state index contributed by atoms with van der Waals surface area (Å²) in [6, 6.07) is 5.72. The highest BCUT2D eigenvalue weighted by atomic mass is 79.9. The van der Waals surface area contributed by atoms with Crippen LogP contribution in [0.15, 0.2) is 28.9 Å². The van der Waals surface area contributed by atoms with Gasteiger partial charge in [0.05, 0.1) is 11.1 Å². The number of anilines is 2. The van der Waals surface area contributed by atoms with E-state index in [4.69, 9.17) is 5.73 Å². The molecule has 0 aliphatic carbocycles. The van der Waals surface area contributed by atoms with E-state index in [1.54, 1.807) is 4.68 Å². The van der Waals surface area contributed by atoms with Crippen molar-refractivity contribution in [1.29, 1.82) is 0 Å². The molecule has 0 saturated heterocycles. The molecule has 1 atom stereocenters. The van der Waals surface area contributed by atoms with Crippen LogP contribution in [0.2, 0.25) is 0 Å². The van der Waals surface area contributed by atoms with E-state index in [-0.39, 0.29) is 5.91 Å². The zero-order valence-corrected chi connectivity index (χ0v) is 15.0. The van der Waals surface area contributed by atoms with Gasteiger partial charge in [0.25, 0.3) is 0 Å². The van der Waals surface area contributed by atoms with Crippen molar-refractivity contribution >= 4 is 44.5 Å². The van der Waals surface area contributed by atoms with Gasteiger partial charge < -0.3 is 16.4 Å². The number of nitrogens with two attached hydrogens (primary N) is 1. The smallest absolute Gasteiger partial charge is 0.238 e. The molecule has 0 spiro atoms. The van der Waals surface area contributed by atoms with Crippen molar-refractivity contribution in [1.82, 2.24) is 19.7 Å². The summed E-state index contributed by atoms with van der Waals surface area (Å²) in [6.07, 6.45) is 1.83. The molecular weight excluding hydrogens is 386 g/mol. The summed E-state index contributed by atoms with van der Waals surface area (Å²) >= 11 is 3.47. The van der Waals surface area contributed by atoms with Crippen molar-refractivity contribution in [2.75, 3.05) is 23.7 Å². The molecule has 8 nitrogen and oxygen atoms in total. The molecule has 1 amide bonds. The fourth-order valence-electron chi connectivity index (χ4n) is 3.03. The van der Waals surface area contributed by atoms with Gasteiger partial charge in [0, 0.05) is 36.5 Å². The van der Waals surface area contributed by atoms with Gasteiger partial charge >= 0.3 is 0 Å². The molecule has 0 radical (unpaired) electrons. The number of nitrogens with one attached hydrogen (secondary N) is 2. The molecule has 9 heteroatoms. The summed E-state index contributed by atoms with van der Waals surface area (Å²) in [4.78, 5) is 21.7. The van der Waals surface area contributed by atoms with Gasteiger partial charge in [0.1, 0.15) is 5.92 Å². The van der Waals surface area contributed by atoms with Gasteiger partial charge in [0.2, 0.25) is 11.9 Å². The molecule has 4 rings (SSSR count). The molecule has 3 aromatic rings. The number of fused-ring (bicyclic) bond motifs is 2. The number of amides is 1. The Morgan fingerprint density at radius 2 is 2.24 bits per heavy atom. The number of carbonyl (C=O) groups excluding carboxylic acids is 1. The number of carbonyl (C=O) groups is 1. The van der Waals surface area contributed by atoms with Crippen LogP contribution in [0.4, 0.5) is 11.6 Å². The van der Waals surface area contributed by atoms with Crippen LogP contribution in [0.5, 0.6) is 0 Å². The molecule has 3 heterocycles. The lowest BCUT2D eigenvalue weighted by molar-refractivity contribution is -0.116. The van der Waals surface area contributed by atoms with Gasteiger partial charge in [0.15, 0.2) is 5.65 Å². The summed E-state index contributed by atoms with van der Waals surface area (Å²) in [7, 11) is 1.82. The first-order chi connectivity index (χ1) is 12.1. The van der Waals surface area contributed by atoms with Gasteiger partial charge in [-0.25, -0.2) is 4.98 Å². The van der Waals surface area contributed by atoms with Crippen LogP contribution in [0.3, 0.4) is 0 Å². The van der Waals surface area contributed by atoms with Gasteiger partial charge in [-0.15, -0.1) is 0 Å². The van der Waals surface area contributed by atoms with Crippen molar-refractivity contribution < 1.29 is 4.79 Å². The summed E-state index contributed by atoms with van der Waals surface area (Å²) in [5.41, 5.74) is 8.40. The lowest BCUT2D eigenvalue weighted by Gasteiger charge is -2.12. The van der Waals surface area contributed by atoms with Gasteiger partial charge in [-0.3, -0.25) is 9.48 Å². The molecule has 25 heavy (non-hydrogen) atoms. The number of benzene rings is 1. The lowest BCUT2D eigenvalue weighted by atomic mass is 9.95. The lowest BCUT2D eigenvalue weighted by Crippen LogP contribution is -2.18. The van der Waals surface area contributed by atoms with Gasteiger partial charge in [-0.2, -0.15) is 10.1 Å². The van der Waals surface area contributed by atoms with E-state index in [0.717, 1.165) is 21.1 Å². The number of hydrogen-bond acceptors (Lipinski definition) is 6. The molecule has 128 valence electrons. The zero-order valence-electron chi connectivity index (χ0n) is 13.5. The number of halogens is 1. The SMILES string of the molecule is Cn1cc2c(C3C(=O)Nc4ccc(Br)cc43)nc(NCCN)nc2n1. The van der Waals surface area contributed by atoms with Crippen LogP contribution in [0.25, 0.3) is 11.0 Å². The minimum absolute atomic E-state index is 0.110. The number of nitrogens with zero attached hydrogens (tertiary/aromatic N) is 4. The molecular formula is C16H16BrN7O. The van der Waals surface area contributed by atoms with Crippen LogP contribution in [-0.2, 0) is 11.8 Å². The van der Waals surface area contributed by atoms with Gasteiger partial charge in [-0.05, 0) is 23.8 Å². The van der Waals surface area contributed by atoms with E-state index in [9.17, 15) is 4.79 Å². The van der Waals surface area contributed by atoms with Crippen molar-refractivity contribution in [2.24, 2.45) is 12.8 Å². The average molecular weight is 402 g/mol. The Morgan fingerprint density at radius 3 is 3.04 bits per heavy atom. The van der Waals surface area contributed by atoms with Gasteiger partial charge in [-0.1, -0.05) is 15.9 Å². The first-order valence-corrected chi connectivity index (χ1v) is 8.61. The predicted octanol–water partition coefficient (Wildman–Crippen LogP) is 1.58. The monoisotopic (exact) mass is 401 g/mol. The zero-order chi connectivity index (χ0) is 17.6. The Labute approximate surface area is 152 Å². The third kappa shape index (κ3) is 2.75. The van der Waals surface area contributed by atoms with E-state index < -0.39 is 5.92 Å². The normalized spacial score (nSPS) is 16.1. The maximum atomic E-state index is 12.7. The van der Waals surface area contributed by atoms with Crippen LogP contribution < -0.4 is 16.4 Å². The van der Waals surface area contributed by atoms with Crippen molar-refractivity contribution in [3.8, 4) is 0 Å². The molecule has 1 unspecified atom stereocenters. The fraction of sp³-hybridized carbons (Fsp3) is 0.250. The van der Waals surface area contributed by atoms with E-state index >= 15 is 0 Å². The first-order valence-electron chi connectivity index (χ1n) is 7.82. The minimum Gasteiger partial charge on any atom is -0.353 e. The highest BCUT2D eigenvalue weighted by Gasteiger charge is 2.35. The second kappa shape index (κ2) is 6.08.